The minimum Gasteiger partial charge on any atom is -1.00 e. The molecule has 0 aromatic rings. The molecule has 0 unspecified atom stereocenters. The van der Waals surface area contributed by atoms with Gasteiger partial charge in [0.15, 0.2) is 0 Å². The summed E-state index contributed by atoms with van der Waals surface area (Å²) in [5.74, 6) is -1.32. The first-order chi connectivity index (χ1) is 4.57. The Labute approximate surface area is 127 Å². The van der Waals surface area contributed by atoms with Gasteiger partial charge in [-0.3, -0.25) is 4.79 Å². The van der Waals surface area contributed by atoms with Crippen LogP contribution in [0.5, 0.6) is 0 Å². The molecule has 0 aromatic carbocycles. The van der Waals surface area contributed by atoms with Crippen molar-refractivity contribution < 1.29 is 79.0 Å². The smallest absolute Gasteiger partial charge is 1.00 e. The summed E-state index contributed by atoms with van der Waals surface area (Å²) < 4.78 is 0. The SMILES string of the molecule is CC(=O)N[C@@H](CS)C(=O)O.O.O.[Au].[H-].[Na+]. The fraction of sp³-hybridized carbons (Fsp3) is 0.600. The number of aliphatic carboxylic acids is 1. The van der Waals surface area contributed by atoms with Crippen molar-refractivity contribution in [3.05, 3.63) is 0 Å². The Morgan fingerprint density at radius 3 is 1.93 bits per heavy atom. The molecule has 0 saturated carbocycles. The molecule has 0 aromatic heterocycles. The number of carboxylic acids is 1. The quantitative estimate of drug-likeness (QED) is 0.312. The number of hydrogen-bond acceptors (Lipinski definition) is 3. The number of thiol groups is 1. The molecule has 14 heavy (non-hydrogen) atoms. The van der Waals surface area contributed by atoms with E-state index < -0.39 is 12.0 Å². The molecule has 87 valence electrons. The Bertz CT molecular complexity index is 166. The van der Waals surface area contributed by atoms with Gasteiger partial charge in [-0.2, -0.15) is 12.6 Å². The summed E-state index contributed by atoms with van der Waals surface area (Å²) >= 11 is 3.73. The maximum absolute atomic E-state index is 10.3. The zero-order chi connectivity index (χ0) is 8.15. The first kappa shape index (κ1) is 29.4. The zero-order valence-electron chi connectivity index (χ0n) is 8.80. The summed E-state index contributed by atoms with van der Waals surface area (Å²) in [7, 11) is 0. The third-order valence-electron chi connectivity index (χ3n) is 0.858. The van der Waals surface area contributed by atoms with Crippen LogP contribution in [-0.2, 0) is 32.0 Å². The van der Waals surface area contributed by atoms with Gasteiger partial charge in [-0.25, -0.2) is 4.79 Å². The van der Waals surface area contributed by atoms with Gasteiger partial charge in [0.2, 0.25) is 5.91 Å². The molecule has 0 bridgehead atoms. The van der Waals surface area contributed by atoms with E-state index in [9.17, 15) is 9.59 Å². The normalized spacial score (nSPS) is 8.71. The molecule has 0 heterocycles. The number of hydrogen-bond donors (Lipinski definition) is 3. The van der Waals surface area contributed by atoms with E-state index >= 15 is 0 Å². The van der Waals surface area contributed by atoms with Crippen LogP contribution < -0.4 is 34.9 Å². The molecule has 0 saturated heterocycles. The van der Waals surface area contributed by atoms with E-state index in [2.05, 4.69) is 17.9 Å². The van der Waals surface area contributed by atoms with E-state index in [1.807, 2.05) is 0 Å². The Kier molecular flexibility index (Phi) is 34.4. The van der Waals surface area contributed by atoms with E-state index in [0.717, 1.165) is 0 Å². The van der Waals surface area contributed by atoms with Crippen molar-refractivity contribution in [1.82, 2.24) is 5.32 Å². The summed E-state index contributed by atoms with van der Waals surface area (Å²) in [6, 6.07) is -0.874. The van der Waals surface area contributed by atoms with Gasteiger partial charge in [0, 0.05) is 35.1 Å². The molecule has 1 atom stereocenters. The van der Waals surface area contributed by atoms with Crippen LogP contribution in [0.25, 0.3) is 0 Å². The molecular formula is C5H14AuNNaO5S. The summed E-state index contributed by atoms with van der Waals surface area (Å²) in [4.78, 5) is 20.5. The largest absolute Gasteiger partial charge is 1.00 e. The van der Waals surface area contributed by atoms with Crippen LogP contribution in [0.2, 0.25) is 0 Å². The average molecular weight is 420 g/mol. The third-order valence-corrected chi connectivity index (χ3v) is 1.22. The zero-order valence-corrected chi connectivity index (χ0v) is 12.9. The Morgan fingerprint density at radius 2 is 1.86 bits per heavy atom. The topological polar surface area (TPSA) is 129 Å². The standard InChI is InChI=1S/C5H9NO3S.Au.Na.2H2O.H/c1-3(7)6-4(2-10)5(8)9;;;;;/h4,10H,2H2,1H3,(H,6,7)(H,8,9);;;2*1H2;/q;;+1;;;-1/t4-;;;;;/m0...../s1. The second-order valence-electron chi connectivity index (χ2n) is 1.77. The first-order valence-electron chi connectivity index (χ1n) is 2.68. The number of rotatable bonds is 3. The van der Waals surface area contributed by atoms with E-state index in [4.69, 9.17) is 5.11 Å². The minimum atomic E-state index is -1.06. The van der Waals surface area contributed by atoms with Gasteiger partial charge in [0.05, 0.1) is 0 Å². The van der Waals surface area contributed by atoms with Crippen LogP contribution >= 0.6 is 12.6 Å². The van der Waals surface area contributed by atoms with Crippen molar-refractivity contribution in [2.24, 2.45) is 0 Å². The Morgan fingerprint density at radius 1 is 1.50 bits per heavy atom. The molecule has 1 amide bonds. The molecular weight excluding hydrogens is 406 g/mol. The van der Waals surface area contributed by atoms with Gasteiger partial charge in [-0.05, 0) is 0 Å². The molecule has 0 rings (SSSR count). The van der Waals surface area contributed by atoms with E-state index in [0.29, 0.717) is 0 Å². The van der Waals surface area contributed by atoms with Gasteiger partial charge >= 0.3 is 35.5 Å². The Hall–Kier alpha value is 0.950. The van der Waals surface area contributed by atoms with Crippen LogP contribution in [0.3, 0.4) is 0 Å². The molecule has 9 heteroatoms. The van der Waals surface area contributed by atoms with E-state index in [-0.39, 0.29) is 76.0 Å². The maximum Gasteiger partial charge on any atom is 1.00 e. The molecule has 0 spiro atoms. The van der Waals surface area contributed by atoms with Gasteiger partial charge in [0.25, 0.3) is 0 Å². The van der Waals surface area contributed by atoms with Crippen molar-refractivity contribution >= 4 is 24.5 Å². The van der Waals surface area contributed by atoms with Crippen molar-refractivity contribution in [3.8, 4) is 0 Å². The molecule has 0 aliphatic rings. The van der Waals surface area contributed by atoms with Crippen LogP contribution in [0, 0.1) is 0 Å². The van der Waals surface area contributed by atoms with Crippen molar-refractivity contribution in [3.63, 3.8) is 0 Å². The van der Waals surface area contributed by atoms with Crippen molar-refractivity contribution in [2.45, 2.75) is 13.0 Å². The van der Waals surface area contributed by atoms with Crippen LogP contribution in [0.15, 0.2) is 0 Å². The summed E-state index contributed by atoms with van der Waals surface area (Å²) in [6.45, 7) is 1.26. The number of carbonyl (C=O) groups is 2. The molecule has 0 aliphatic carbocycles. The second-order valence-corrected chi connectivity index (χ2v) is 2.14. The van der Waals surface area contributed by atoms with Gasteiger partial charge < -0.3 is 22.8 Å². The molecule has 0 fully saturated rings. The predicted octanol–water partition coefficient (Wildman–Crippen LogP) is -5.03. The monoisotopic (exact) mass is 420 g/mol. The van der Waals surface area contributed by atoms with Crippen molar-refractivity contribution in [2.75, 3.05) is 5.75 Å². The third kappa shape index (κ3) is 15.4. The average Bonchev–Trinajstić information content (AvgIpc) is 1.81. The number of amides is 1. The summed E-state index contributed by atoms with van der Waals surface area (Å²) in [5.41, 5.74) is 0. The van der Waals surface area contributed by atoms with Gasteiger partial charge in [-0.1, -0.05) is 0 Å². The van der Waals surface area contributed by atoms with Crippen LogP contribution in [-0.4, -0.2) is 39.7 Å². The fourth-order valence-corrected chi connectivity index (χ4v) is 0.678. The minimum absolute atomic E-state index is 0. The molecule has 6 nitrogen and oxygen atoms in total. The number of carboxylic acid groups (broad SMARTS) is 1. The van der Waals surface area contributed by atoms with Gasteiger partial charge in [0.1, 0.15) is 6.04 Å². The number of carbonyl (C=O) groups excluding carboxylic acids is 1. The molecule has 6 N–H and O–H groups in total. The van der Waals surface area contributed by atoms with Crippen molar-refractivity contribution in [1.29, 1.82) is 0 Å². The first-order valence-corrected chi connectivity index (χ1v) is 3.32. The number of nitrogens with one attached hydrogen (secondary N) is 1. The molecule has 1 radical (unpaired) electrons. The van der Waals surface area contributed by atoms with Gasteiger partial charge in [-0.15, -0.1) is 0 Å². The predicted molar refractivity (Wildman–Crippen MR) is 47.4 cm³/mol. The fourth-order valence-electron chi connectivity index (χ4n) is 0.431. The molecule has 0 aliphatic heterocycles. The van der Waals surface area contributed by atoms with Crippen LogP contribution in [0.1, 0.15) is 8.35 Å². The summed E-state index contributed by atoms with van der Waals surface area (Å²) in [5, 5.41) is 10.6. The van der Waals surface area contributed by atoms with Crippen LogP contribution in [0.4, 0.5) is 0 Å². The summed E-state index contributed by atoms with van der Waals surface area (Å²) in [6.07, 6.45) is 0. The van der Waals surface area contributed by atoms with E-state index in [1.54, 1.807) is 0 Å². The second kappa shape index (κ2) is 16.4. The Balaban J connectivity index is -0.0000000405. The van der Waals surface area contributed by atoms with E-state index in [1.165, 1.54) is 6.92 Å². The maximum atomic E-state index is 10.3.